The van der Waals surface area contributed by atoms with E-state index in [2.05, 4.69) is 0 Å². The van der Waals surface area contributed by atoms with Crippen LogP contribution < -0.4 is 5.56 Å². The Bertz CT molecular complexity index is 861. The highest BCUT2D eigenvalue weighted by atomic mass is 32.2. The topological polar surface area (TPSA) is 55.2 Å². The number of likely N-dealkylation sites (tertiary alicyclic amines) is 1. The second kappa shape index (κ2) is 7.88. The molecule has 1 aromatic carbocycles. The van der Waals surface area contributed by atoms with Crippen LogP contribution in [0.3, 0.4) is 0 Å². The Labute approximate surface area is 161 Å². The predicted molar refractivity (Wildman–Crippen MR) is 105 cm³/mol. The molecule has 0 aliphatic carbocycles. The van der Waals surface area contributed by atoms with E-state index in [1.807, 2.05) is 35.2 Å². The number of carbonyl (C=O) groups excluding carboxylic acids is 1. The third-order valence-electron chi connectivity index (χ3n) is 4.72. The van der Waals surface area contributed by atoms with Gasteiger partial charge < -0.3 is 4.90 Å². The van der Waals surface area contributed by atoms with Gasteiger partial charge in [-0.15, -0.1) is 11.8 Å². The molecule has 0 bridgehead atoms. The SMILES string of the molecule is O=C(CSc1nc2c(c(=O)n1Cc1ccccc1)SCC2)N1CCCC1. The molecule has 2 aliphatic rings. The summed E-state index contributed by atoms with van der Waals surface area (Å²) in [5, 5.41) is 0.660. The summed E-state index contributed by atoms with van der Waals surface area (Å²) in [6, 6.07) is 9.93. The van der Waals surface area contributed by atoms with Gasteiger partial charge in [0.2, 0.25) is 5.91 Å². The number of hydrogen-bond donors (Lipinski definition) is 0. The largest absolute Gasteiger partial charge is 0.342 e. The quantitative estimate of drug-likeness (QED) is 0.583. The van der Waals surface area contributed by atoms with Crippen LogP contribution in [0, 0.1) is 0 Å². The second-order valence-corrected chi connectivity index (χ2v) is 8.57. The van der Waals surface area contributed by atoms with Crippen molar-refractivity contribution in [2.45, 2.75) is 35.9 Å². The predicted octanol–water partition coefficient (Wildman–Crippen LogP) is 2.65. The van der Waals surface area contributed by atoms with Crippen molar-refractivity contribution in [1.82, 2.24) is 14.5 Å². The molecule has 26 heavy (non-hydrogen) atoms. The van der Waals surface area contributed by atoms with Crippen molar-refractivity contribution >= 4 is 29.4 Å². The van der Waals surface area contributed by atoms with E-state index in [4.69, 9.17) is 4.98 Å². The second-order valence-electron chi connectivity index (χ2n) is 6.52. The Kier molecular flexibility index (Phi) is 5.36. The van der Waals surface area contributed by atoms with Crippen molar-refractivity contribution in [1.29, 1.82) is 0 Å². The molecule has 0 spiro atoms. The maximum absolute atomic E-state index is 13.0. The first-order chi connectivity index (χ1) is 12.7. The molecule has 1 amide bonds. The van der Waals surface area contributed by atoms with Gasteiger partial charge in [-0.05, 0) is 18.4 Å². The van der Waals surface area contributed by atoms with Gasteiger partial charge in [0.05, 0.1) is 22.9 Å². The average Bonchev–Trinajstić information content (AvgIpc) is 3.35. The molecule has 3 heterocycles. The first kappa shape index (κ1) is 17.7. The van der Waals surface area contributed by atoms with Gasteiger partial charge in [0, 0.05) is 25.3 Å². The van der Waals surface area contributed by atoms with Gasteiger partial charge in [-0.1, -0.05) is 42.1 Å². The van der Waals surface area contributed by atoms with E-state index in [1.54, 1.807) is 16.3 Å². The van der Waals surface area contributed by atoms with E-state index < -0.39 is 0 Å². The zero-order valence-corrected chi connectivity index (χ0v) is 16.2. The molecule has 2 aliphatic heterocycles. The highest BCUT2D eigenvalue weighted by molar-refractivity contribution is 8.00. The lowest BCUT2D eigenvalue weighted by molar-refractivity contribution is -0.127. The van der Waals surface area contributed by atoms with Gasteiger partial charge in [-0.2, -0.15) is 0 Å². The summed E-state index contributed by atoms with van der Waals surface area (Å²) in [5.74, 6) is 1.39. The number of rotatable bonds is 5. The van der Waals surface area contributed by atoms with Crippen molar-refractivity contribution in [3.63, 3.8) is 0 Å². The Morgan fingerprint density at radius 2 is 1.96 bits per heavy atom. The van der Waals surface area contributed by atoms with E-state index in [9.17, 15) is 9.59 Å². The molecule has 1 aromatic heterocycles. The fraction of sp³-hybridized carbons (Fsp3) is 0.421. The van der Waals surface area contributed by atoms with Gasteiger partial charge in [-0.25, -0.2) is 4.98 Å². The fourth-order valence-electron chi connectivity index (χ4n) is 3.32. The number of aromatic nitrogens is 2. The molecule has 0 atom stereocenters. The van der Waals surface area contributed by atoms with Crippen LogP contribution in [0.2, 0.25) is 0 Å². The number of thioether (sulfide) groups is 2. The Balaban J connectivity index is 1.60. The smallest absolute Gasteiger partial charge is 0.268 e. The molecule has 0 unspecified atom stereocenters. The number of fused-ring (bicyclic) bond motifs is 1. The lowest BCUT2D eigenvalue weighted by atomic mass is 10.2. The first-order valence-corrected chi connectivity index (χ1v) is 10.9. The highest BCUT2D eigenvalue weighted by Crippen LogP contribution is 2.29. The number of amides is 1. The van der Waals surface area contributed by atoms with Gasteiger partial charge in [0.25, 0.3) is 5.56 Å². The zero-order chi connectivity index (χ0) is 17.9. The van der Waals surface area contributed by atoms with Crippen LogP contribution in [-0.2, 0) is 17.8 Å². The molecule has 0 saturated carbocycles. The summed E-state index contributed by atoms with van der Waals surface area (Å²) in [4.78, 5) is 32.8. The van der Waals surface area contributed by atoms with Gasteiger partial charge in [0.15, 0.2) is 5.16 Å². The summed E-state index contributed by atoms with van der Waals surface area (Å²) in [6.45, 7) is 2.19. The van der Waals surface area contributed by atoms with E-state index >= 15 is 0 Å². The van der Waals surface area contributed by atoms with Crippen molar-refractivity contribution in [3.8, 4) is 0 Å². The van der Waals surface area contributed by atoms with Crippen LogP contribution in [-0.4, -0.2) is 45.0 Å². The summed E-state index contributed by atoms with van der Waals surface area (Å²) in [7, 11) is 0. The van der Waals surface area contributed by atoms with E-state index in [0.717, 1.165) is 54.3 Å². The molecular weight excluding hydrogens is 366 g/mol. The standard InChI is InChI=1S/C19H21N3O2S2/c23-16(21-9-4-5-10-21)13-26-19-20-15-8-11-25-17(15)18(24)22(19)12-14-6-2-1-3-7-14/h1-3,6-7H,4-5,8-13H2. The maximum atomic E-state index is 13.0. The number of hydrogen-bond acceptors (Lipinski definition) is 5. The lowest BCUT2D eigenvalue weighted by Gasteiger charge is -2.17. The van der Waals surface area contributed by atoms with Gasteiger partial charge >= 0.3 is 0 Å². The molecule has 0 radical (unpaired) electrons. The monoisotopic (exact) mass is 387 g/mol. The number of benzene rings is 1. The Morgan fingerprint density at radius 1 is 1.19 bits per heavy atom. The van der Waals surface area contributed by atoms with Crippen LogP contribution in [0.5, 0.6) is 0 Å². The molecule has 5 nitrogen and oxygen atoms in total. The first-order valence-electron chi connectivity index (χ1n) is 8.93. The summed E-state index contributed by atoms with van der Waals surface area (Å²) >= 11 is 2.99. The minimum absolute atomic E-state index is 0.0254. The summed E-state index contributed by atoms with van der Waals surface area (Å²) in [6.07, 6.45) is 3.00. The molecule has 0 N–H and O–H groups in total. The summed E-state index contributed by atoms with van der Waals surface area (Å²) in [5.41, 5.74) is 1.98. The number of carbonyl (C=O) groups is 1. The molecule has 1 saturated heterocycles. The van der Waals surface area contributed by atoms with Crippen molar-refractivity contribution in [2.24, 2.45) is 0 Å². The fourth-order valence-corrected chi connectivity index (χ4v) is 5.28. The van der Waals surface area contributed by atoms with Crippen LogP contribution >= 0.6 is 23.5 Å². The molecule has 7 heteroatoms. The van der Waals surface area contributed by atoms with Crippen molar-refractivity contribution in [3.05, 3.63) is 51.9 Å². The average molecular weight is 388 g/mol. The Hall–Kier alpha value is -1.73. The van der Waals surface area contributed by atoms with E-state index in [1.165, 1.54) is 11.8 Å². The molecule has 2 aromatic rings. The highest BCUT2D eigenvalue weighted by Gasteiger charge is 2.23. The minimum Gasteiger partial charge on any atom is -0.342 e. The van der Waals surface area contributed by atoms with Crippen molar-refractivity contribution in [2.75, 3.05) is 24.6 Å². The van der Waals surface area contributed by atoms with Crippen LogP contribution in [0.4, 0.5) is 0 Å². The molecule has 136 valence electrons. The van der Waals surface area contributed by atoms with Crippen LogP contribution in [0.25, 0.3) is 0 Å². The number of nitrogens with zero attached hydrogens (tertiary/aromatic N) is 3. The normalized spacial score (nSPS) is 16.1. The van der Waals surface area contributed by atoms with Crippen LogP contribution in [0.1, 0.15) is 24.1 Å². The minimum atomic E-state index is 0.0254. The lowest BCUT2D eigenvalue weighted by Crippen LogP contribution is -2.30. The van der Waals surface area contributed by atoms with Crippen LogP contribution in [0.15, 0.2) is 45.2 Å². The third-order valence-corrected chi connectivity index (χ3v) is 6.78. The third kappa shape index (κ3) is 3.69. The van der Waals surface area contributed by atoms with Crippen molar-refractivity contribution < 1.29 is 4.79 Å². The number of aryl methyl sites for hydroxylation is 1. The van der Waals surface area contributed by atoms with Gasteiger partial charge in [0.1, 0.15) is 0 Å². The maximum Gasteiger partial charge on any atom is 0.268 e. The Morgan fingerprint density at radius 3 is 2.73 bits per heavy atom. The van der Waals surface area contributed by atoms with E-state index in [0.29, 0.717) is 17.5 Å². The molecule has 4 rings (SSSR count). The van der Waals surface area contributed by atoms with Gasteiger partial charge in [-0.3, -0.25) is 14.2 Å². The molecule has 1 fully saturated rings. The molecular formula is C19H21N3O2S2. The van der Waals surface area contributed by atoms with E-state index in [-0.39, 0.29) is 11.5 Å². The zero-order valence-electron chi connectivity index (χ0n) is 14.5. The summed E-state index contributed by atoms with van der Waals surface area (Å²) < 4.78 is 1.73.